The van der Waals surface area contributed by atoms with E-state index in [4.69, 9.17) is 17.0 Å². The van der Waals surface area contributed by atoms with Crippen molar-refractivity contribution in [3.05, 3.63) is 29.8 Å². The highest BCUT2D eigenvalue weighted by atomic mass is 32.1. The Labute approximate surface area is 131 Å². The Kier molecular flexibility index (Phi) is 6.42. The molecule has 3 N–H and O–H groups in total. The van der Waals surface area contributed by atoms with Crippen LogP contribution in [0.25, 0.3) is 0 Å². The van der Waals surface area contributed by atoms with Gasteiger partial charge in [-0.1, -0.05) is 17.7 Å². The first-order valence-electron chi connectivity index (χ1n) is 6.84. The van der Waals surface area contributed by atoms with Gasteiger partial charge < -0.3 is 20.7 Å². The fourth-order valence-electron chi connectivity index (χ4n) is 1.47. The van der Waals surface area contributed by atoms with Crippen molar-refractivity contribution in [3.8, 4) is 0 Å². The average Bonchev–Trinajstić information content (AvgIpc) is 2.35. The van der Waals surface area contributed by atoms with Crippen LogP contribution in [0.5, 0.6) is 0 Å². The maximum absolute atomic E-state index is 11.4. The van der Waals surface area contributed by atoms with Gasteiger partial charge in [0.1, 0.15) is 5.60 Å². The Morgan fingerprint density at radius 3 is 2.29 bits per heavy atom. The smallest absolute Gasteiger partial charge is 0.407 e. The van der Waals surface area contributed by atoms with Crippen LogP contribution >= 0.6 is 12.2 Å². The lowest BCUT2D eigenvalue weighted by molar-refractivity contribution is 0.0529. The molecule has 0 aliphatic heterocycles. The van der Waals surface area contributed by atoms with E-state index < -0.39 is 11.7 Å². The van der Waals surface area contributed by atoms with Gasteiger partial charge in [0.2, 0.25) is 0 Å². The highest BCUT2D eigenvalue weighted by molar-refractivity contribution is 7.80. The molecule has 0 saturated heterocycles. The van der Waals surface area contributed by atoms with Gasteiger partial charge in [0, 0.05) is 18.8 Å². The lowest BCUT2D eigenvalue weighted by Crippen LogP contribution is -2.39. The summed E-state index contributed by atoms with van der Waals surface area (Å²) in [4.78, 5) is 11.4. The van der Waals surface area contributed by atoms with Gasteiger partial charge in [0.15, 0.2) is 5.11 Å². The maximum Gasteiger partial charge on any atom is 0.407 e. The second-order valence-electron chi connectivity index (χ2n) is 5.68. The van der Waals surface area contributed by atoms with Gasteiger partial charge in [0.25, 0.3) is 0 Å². The van der Waals surface area contributed by atoms with Crippen molar-refractivity contribution < 1.29 is 9.53 Å². The second-order valence-corrected chi connectivity index (χ2v) is 6.08. The van der Waals surface area contributed by atoms with Gasteiger partial charge >= 0.3 is 6.09 Å². The van der Waals surface area contributed by atoms with E-state index in [0.717, 1.165) is 5.69 Å². The van der Waals surface area contributed by atoms with Crippen LogP contribution in [0.15, 0.2) is 24.3 Å². The van der Waals surface area contributed by atoms with E-state index in [1.54, 1.807) is 0 Å². The first kappa shape index (κ1) is 17.2. The molecular weight excluding hydrogens is 286 g/mol. The number of anilines is 1. The molecular formula is C15H23N3O2S. The minimum atomic E-state index is -0.486. The summed E-state index contributed by atoms with van der Waals surface area (Å²) in [6.45, 7) is 8.46. The quantitative estimate of drug-likeness (QED) is 0.590. The Morgan fingerprint density at radius 2 is 1.71 bits per heavy atom. The zero-order valence-corrected chi connectivity index (χ0v) is 13.8. The van der Waals surface area contributed by atoms with Gasteiger partial charge in [-0.2, -0.15) is 0 Å². The minimum absolute atomic E-state index is 0.429. The number of carbonyl (C=O) groups is 1. The number of ether oxygens (including phenoxy) is 1. The summed E-state index contributed by atoms with van der Waals surface area (Å²) in [6, 6.07) is 7.94. The Bertz CT molecular complexity index is 481. The van der Waals surface area contributed by atoms with Crippen molar-refractivity contribution in [3.63, 3.8) is 0 Å². The molecule has 0 aliphatic carbocycles. The summed E-state index contributed by atoms with van der Waals surface area (Å²) >= 11 is 5.17. The van der Waals surface area contributed by atoms with Crippen LogP contribution < -0.4 is 16.0 Å². The van der Waals surface area contributed by atoms with Crippen molar-refractivity contribution >= 4 is 29.1 Å². The Hall–Kier alpha value is -1.82. The summed E-state index contributed by atoms with van der Waals surface area (Å²) < 4.78 is 5.13. The van der Waals surface area contributed by atoms with E-state index in [1.165, 1.54) is 5.56 Å². The molecule has 0 radical (unpaired) electrons. The van der Waals surface area contributed by atoms with Crippen molar-refractivity contribution in [2.45, 2.75) is 33.3 Å². The van der Waals surface area contributed by atoms with E-state index in [1.807, 2.05) is 52.0 Å². The number of amides is 1. The molecule has 1 aromatic rings. The minimum Gasteiger partial charge on any atom is -0.444 e. The summed E-state index contributed by atoms with van der Waals surface area (Å²) in [5.74, 6) is 0. The molecule has 1 aromatic carbocycles. The molecule has 0 spiro atoms. The zero-order chi connectivity index (χ0) is 15.9. The Balaban J connectivity index is 2.19. The zero-order valence-electron chi connectivity index (χ0n) is 12.9. The third-order valence-corrected chi connectivity index (χ3v) is 2.63. The SMILES string of the molecule is Cc1ccc(NC(=S)NCCNC(=O)OC(C)(C)C)cc1. The first-order chi connectivity index (χ1) is 9.76. The number of hydrogen-bond donors (Lipinski definition) is 3. The van der Waals surface area contributed by atoms with Crippen LogP contribution in [0.3, 0.4) is 0 Å². The molecule has 0 unspecified atom stereocenters. The van der Waals surface area contributed by atoms with E-state index >= 15 is 0 Å². The number of thiocarbonyl (C=S) groups is 1. The van der Waals surface area contributed by atoms with E-state index in [-0.39, 0.29) is 0 Å². The fourth-order valence-corrected chi connectivity index (χ4v) is 1.69. The molecule has 0 saturated carbocycles. The predicted octanol–water partition coefficient (Wildman–Crippen LogP) is 2.81. The van der Waals surface area contributed by atoms with Crippen LogP contribution in [0.1, 0.15) is 26.3 Å². The molecule has 0 heterocycles. The molecule has 0 atom stereocenters. The molecule has 0 aliphatic rings. The number of carbonyl (C=O) groups excluding carboxylic acids is 1. The molecule has 21 heavy (non-hydrogen) atoms. The lowest BCUT2D eigenvalue weighted by atomic mass is 10.2. The van der Waals surface area contributed by atoms with E-state index in [9.17, 15) is 4.79 Å². The van der Waals surface area contributed by atoms with Crippen molar-refractivity contribution in [2.24, 2.45) is 0 Å². The van der Waals surface area contributed by atoms with E-state index in [2.05, 4.69) is 16.0 Å². The molecule has 0 bridgehead atoms. The van der Waals surface area contributed by atoms with Crippen molar-refractivity contribution in [1.29, 1.82) is 0 Å². The van der Waals surface area contributed by atoms with Crippen molar-refractivity contribution in [1.82, 2.24) is 10.6 Å². The molecule has 0 aromatic heterocycles. The van der Waals surface area contributed by atoms with Gasteiger partial charge in [-0.05, 0) is 52.0 Å². The van der Waals surface area contributed by atoms with Crippen LogP contribution in [-0.2, 0) is 4.74 Å². The van der Waals surface area contributed by atoms with Gasteiger partial charge in [-0.25, -0.2) is 4.79 Å². The Morgan fingerprint density at radius 1 is 1.14 bits per heavy atom. The van der Waals surface area contributed by atoms with Gasteiger partial charge in [-0.15, -0.1) is 0 Å². The second kappa shape index (κ2) is 7.83. The van der Waals surface area contributed by atoms with Gasteiger partial charge in [-0.3, -0.25) is 0 Å². The summed E-state index contributed by atoms with van der Waals surface area (Å²) in [7, 11) is 0. The third kappa shape index (κ3) is 8.14. The average molecular weight is 309 g/mol. The summed E-state index contributed by atoms with van der Waals surface area (Å²) in [5, 5.41) is 9.26. The fraction of sp³-hybridized carbons (Fsp3) is 0.467. The van der Waals surface area contributed by atoms with Crippen molar-refractivity contribution in [2.75, 3.05) is 18.4 Å². The highest BCUT2D eigenvalue weighted by Gasteiger charge is 2.15. The number of hydrogen-bond acceptors (Lipinski definition) is 3. The number of nitrogens with one attached hydrogen (secondary N) is 3. The standard InChI is InChI=1S/C15H23N3O2S/c1-11-5-7-12(8-6-11)18-13(21)16-9-10-17-14(19)20-15(2,3)4/h5-8H,9-10H2,1-4H3,(H,17,19)(H2,16,18,21). The lowest BCUT2D eigenvalue weighted by Gasteiger charge is -2.19. The van der Waals surface area contributed by atoms with Crippen LogP contribution in [0.4, 0.5) is 10.5 Å². The van der Waals surface area contributed by atoms with E-state index in [0.29, 0.717) is 18.2 Å². The third-order valence-electron chi connectivity index (χ3n) is 2.39. The van der Waals surface area contributed by atoms with Crippen LogP contribution in [0.2, 0.25) is 0 Å². The molecule has 116 valence electrons. The maximum atomic E-state index is 11.4. The number of aryl methyl sites for hydroxylation is 1. The number of benzene rings is 1. The topological polar surface area (TPSA) is 62.4 Å². The molecule has 1 amide bonds. The van der Waals surface area contributed by atoms with Crippen LogP contribution in [-0.4, -0.2) is 29.9 Å². The normalized spacial score (nSPS) is 10.7. The predicted molar refractivity (Wildman–Crippen MR) is 89.6 cm³/mol. The molecule has 0 fully saturated rings. The summed E-state index contributed by atoms with van der Waals surface area (Å²) in [5.41, 5.74) is 1.64. The first-order valence-corrected chi connectivity index (χ1v) is 7.25. The van der Waals surface area contributed by atoms with Crippen LogP contribution in [0, 0.1) is 6.92 Å². The largest absolute Gasteiger partial charge is 0.444 e. The molecule has 1 rings (SSSR count). The summed E-state index contributed by atoms with van der Waals surface area (Å²) in [6.07, 6.45) is -0.429. The number of rotatable bonds is 4. The highest BCUT2D eigenvalue weighted by Crippen LogP contribution is 2.08. The molecule has 6 heteroatoms. The number of alkyl carbamates (subject to hydrolysis) is 1. The monoisotopic (exact) mass is 309 g/mol. The van der Waals surface area contributed by atoms with Gasteiger partial charge in [0.05, 0.1) is 0 Å². The molecule has 5 nitrogen and oxygen atoms in total.